The van der Waals surface area contributed by atoms with Gasteiger partial charge in [0.1, 0.15) is 0 Å². The van der Waals surface area contributed by atoms with Crippen molar-refractivity contribution in [3.05, 3.63) is 53.1 Å². The maximum absolute atomic E-state index is 12.0. The van der Waals surface area contributed by atoms with Crippen molar-refractivity contribution in [1.29, 1.82) is 0 Å². The highest BCUT2D eigenvalue weighted by Gasteiger charge is 2.10. The summed E-state index contributed by atoms with van der Waals surface area (Å²) >= 11 is 1.49. The zero-order valence-corrected chi connectivity index (χ0v) is 13.5. The van der Waals surface area contributed by atoms with Gasteiger partial charge in [-0.25, -0.2) is 9.78 Å². The van der Waals surface area contributed by atoms with E-state index >= 15 is 0 Å². The van der Waals surface area contributed by atoms with Gasteiger partial charge in [-0.2, -0.15) is 0 Å². The van der Waals surface area contributed by atoms with Gasteiger partial charge in [-0.05, 0) is 50.1 Å². The van der Waals surface area contributed by atoms with Crippen LogP contribution in [-0.4, -0.2) is 11.0 Å². The number of urea groups is 1. The summed E-state index contributed by atoms with van der Waals surface area (Å²) < 4.78 is 1.11. The summed E-state index contributed by atoms with van der Waals surface area (Å²) in [6.07, 6.45) is 0. The van der Waals surface area contributed by atoms with Gasteiger partial charge in [0, 0.05) is 5.69 Å². The van der Waals surface area contributed by atoms with Crippen LogP contribution in [0.25, 0.3) is 10.2 Å². The predicted octanol–water partition coefficient (Wildman–Crippen LogP) is 4.87. The largest absolute Gasteiger partial charge is 0.325 e. The van der Waals surface area contributed by atoms with Crippen molar-refractivity contribution in [2.75, 3.05) is 10.6 Å². The molecule has 3 aromatic rings. The molecule has 1 aromatic heterocycles. The lowest BCUT2D eigenvalue weighted by molar-refractivity contribution is 0.262. The first-order valence-corrected chi connectivity index (χ1v) is 7.85. The number of fused-ring (bicyclic) bond motifs is 1. The van der Waals surface area contributed by atoms with Crippen molar-refractivity contribution < 1.29 is 4.79 Å². The van der Waals surface area contributed by atoms with E-state index in [9.17, 15) is 4.79 Å². The molecule has 0 atom stereocenters. The summed E-state index contributed by atoms with van der Waals surface area (Å²) in [5.74, 6) is 0. The minimum absolute atomic E-state index is 0.280. The molecule has 2 N–H and O–H groups in total. The molecule has 22 heavy (non-hydrogen) atoms. The first kappa shape index (κ1) is 14.5. The Morgan fingerprint density at radius 3 is 2.45 bits per heavy atom. The Balaban J connectivity index is 1.76. The summed E-state index contributed by atoms with van der Waals surface area (Å²) in [4.78, 5) is 16.5. The molecular weight excluding hydrogens is 294 g/mol. The van der Waals surface area contributed by atoms with Crippen LogP contribution in [0, 0.1) is 20.8 Å². The highest BCUT2D eigenvalue weighted by Crippen LogP contribution is 2.29. The van der Waals surface area contributed by atoms with Crippen LogP contribution in [0.15, 0.2) is 36.4 Å². The van der Waals surface area contributed by atoms with Crippen LogP contribution < -0.4 is 10.6 Å². The van der Waals surface area contributed by atoms with E-state index in [0.29, 0.717) is 5.13 Å². The molecule has 0 aliphatic rings. The zero-order valence-electron chi connectivity index (χ0n) is 12.7. The summed E-state index contributed by atoms with van der Waals surface area (Å²) in [7, 11) is 0. The van der Waals surface area contributed by atoms with Gasteiger partial charge in [0.25, 0.3) is 0 Å². The maximum Gasteiger partial charge on any atom is 0.325 e. The van der Waals surface area contributed by atoms with Crippen molar-refractivity contribution in [2.24, 2.45) is 0 Å². The van der Waals surface area contributed by atoms with Gasteiger partial charge in [-0.1, -0.05) is 35.1 Å². The SMILES string of the molecule is Cc1ccc(NC(=O)Nc2nc3cc(C)cc(C)c3s2)cc1. The molecule has 4 nitrogen and oxygen atoms in total. The number of nitrogens with zero attached hydrogens (tertiary/aromatic N) is 1. The van der Waals surface area contributed by atoms with Crippen LogP contribution in [-0.2, 0) is 0 Å². The molecule has 2 amide bonds. The fraction of sp³-hybridized carbons (Fsp3) is 0.176. The molecule has 0 spiro atoms. The molecular formula is C17H17N3OS. The standard InChI is InChI=1S/C17H17N3OS/c1-10-4-6-13(7-5-10)18-16(21)20-17-19-14-9-11(2)8-12(3)15(14)22-17/h4-9H,1-3H3,(H2,18,19,20,21). The first-order valence-electron chi connectivity index (χ1n) is 7.04. The summed E-state index contributed by atoms with van der Waals surface area (Å²) in [6, 6.07) is 11.5. The van der Waals surface area contributed by atoms with E-state index in [1.54, 1.807) is 0 Å². The van der Waals surface area contributed by atoms with Gasteiger partial charge >= 0.3 is 6.03 Å². The Morgan fingerprint density at radius 1 is 1.00 bits per heavy atom. The number of hydrogen-bond donors (Lipinski definition) is 2. The lowest BCUT2D eigenvalue weighted by Crippen LogP contribution is -2.19. The van der Waals surface area contributed by atoms with Crippen LogP contribution in [0.5, 0.6) is 0 Å². The molecule has 0 radical (unpaired) electrons. The Hall–Kier alpha value is -2.40. The average molecular weight is 311 g/mol. The minimum Gasteiger partial charge on any atom is -0.308 e. The number of carbonyl (C=O) groups is 1. The normalized spacial score (nSPS) is 10.7. The zero-order chi connectivity index (χ0) is 15.7. The number of aromatic nitrogens is 1. The van der Waals surface area contributed by atoms with E-state index < -0.39 is 0 Å². The molecule has 5 heteroatoms. The monoisotopic (exact) mass is 311 g/mol. The Labute approximate surface area is 133 Å². The Kier molecular flexibility index (Phi) is 3.81. The molecule has 3 rings (SSSR count). The number of nitrogens with one attached hydrogen (secondary N) is 2. The fourth-order valence-corrected chi connectivity index (χ4v) is 3.24. The molecule has 0 saturated heterocycles. The molecule has 0 fully saturated rings. The smallest absolute Gasteiger partial charge is 0.308 e. The highest BCUT2D eigenvalue weighted by atomic mass is 32.1. The van der Waals surface area contributed by atoms with Gasteiger partial charge in [-0.3, -0.25) is 5.32 Å². The van der Waals surface area contributed by atoms with Crippen LogP contribution >= 0.6 is 11.3 Å². The number of rotatable bonds is 2. The van der Waals surface area contributed by atoms with Gasteiger partial charge in [-0.15, -0.1) is 0 Å². The third kappa shape index (κ3) is 3.09. The van der Waals surface area contributed by atoms with Crippen molar-refractivity contribution in [3.8, 4) is 0 Å². The van der Waals surface area contributed by atoms with E-state index in [4.69, 9.17) is 0 Å². The molecule has 0 saturated carbocycles. The molecule has 2 aromatic carbocycles. The second-order valence-corrected chi connectivity index (χ2v) is 6.39. The molecule has 0 bridgehead atoms. The van der Waals surface area contributed by atoms with E-state index in [1.165, 1.54) is 22.5 Å². The summed E-state index contributed by atoms with van der Waals surface area (Å²) in [6.45, 7) is 6.11. The number of benzene rings is 2. The fourth-order valence-electron chi connectivity index (χ4n) is 2.33. The van der Waals surface area contributed by atoms with Crippen LogP contribution in [0.1, 0.15) is 16.7 Å². The summed E-state index contributed by atoms with van der Waals surface area (Å²) in [5.41, 5.74) is 5.19. The van der Waals surface area contributed by atoms with Crippen molar-refractivity contribution in [1.82, 2.24) is 4.98 Å². The number of carbonyl (C=O) groups excluding carboxylic acids is 1. The number of amides is 2. The number of anilines is 2. The molecule has 0 aliphatic carbocycles. The second kappa shape index (κ2) is 5.77. The number of hydrogen-bond acceptors (Lipinski definition) is 3. The van der Waals surface area contributed by atoms with Crippen molar-refractivity contribution in [3.63, 3.8) is 0 Å². The molecule has 0 aliphatic heterocycles. The highest BCUT2D eigenvalue weighted by molar-refractivity contribution is 7.22. The number of thiazole rings is 1. The van der Waals surface area contributed by atoms with E-state index in [2.05, 4.69) is 28.6 Å². The molecule has 0 unspecified atom stereocenters. The van der Waals surface area contributed by atoms with E-state index in [-0.39, 0.29) is 6.03 Å². The second-order valence-electron chi connectivity index (χ2n) is 5.39. The molecule has 112 valence electrons. The van der Waals surface area contributed by atoms with Gasteiger partial charge in [0.15, 0.2) is 5.13 Å². The van der Waals surface area contributed by atoms with Crippen molar-refractivity contribution in [2.45, 2.75) is 20.8 Å². The van der Waals surface area contributed by atoms with Crippen LogP contribution in [0.4, 0.5) is 15.6 Å². The lowest BCUT2D eigenvalue weighted by atomic mass is 10.1. The summed E-state index contributed by atoms with van der Waals surface area (Å²) in [5, 5.41) is 6.21. The topological polar surface area (TPSA) is 54.0 Å². The van der Waals surface area contributed by atoms with Crippen LogP contribution in [0.2, 0.25) is 0 Å². The minimum atomic E-state index is -0.280. The Bertz CT molecular complexity index is 837. The Morgan fingerprint density at radius 2 is 1.73 bits per heavy atom. The number of aryl methyl sites for hydroxylation is 3. The van der Waals surface area contributed by atoms with Gasteiger partial charge in [0.05, 0.1) is 10.2 Å². The first-order chi connectivity index (χ1) is 10.5. The predicted molar refractivity (Wildman–Crippen MR) is 92.9 cm³/mol. The van der Waals surface area contributed by atoms with Crippen molar-refractivity contribution >= 4 is 38.4 Å². The van der Waals surface area contributed by atoms with E-state index in [0.717, 1.165) is 21.5 Å². The third-order valence-corrected chi connectivity index (χ3v) is 4.47. The van der Waals surface area contributed by atoms with Gasteiger partial charge < -0.3 is 5.32 Å². The van der Waals surface area contributed by atoms with Gasteiger partial charge in [0.2, 0.25) is 0 Å². The maximum atomic E-state index is 12.0. The lowest BCUT2D eigenvalue weighted by Gasteiger charge is -2.05. The third-order valence-electron chi connectivity index (χ3n) is 3.35. The quantitative estimate of drug-likeness (QED) is 0.709. The van der Waals surface area contributed by atoms with E-state index in [1.807, 2.05) is 44.2 Å². The van der Waals surface area contributed by atoms with Crippen LogP contribution in [0.3, 0.4) is 0 Å². The molecule has 1 heterocycles. The average Bonchev–Trinajstić information content (AvgIpc) is 2.84.